The van der Waals surface area contributed by atoms with Crippen LogP contribution in [0.25, 0.3) is 33.3 Å². The fourth-order valence-corrected chi connectivity index (χ4v) is 3.48. The van der Waals surface area contributed by atoms with Crippen LogP contribution in [0.4, 0.5) is 5.82 Å². The van der Waals surface area contributed by atoms with Crippen LogP contribution in [0, 0.1) is 6.92 Å². The highest BCUT2D eigenvalue weighted by molar-refractivity contribution is 6.30. The Kier molecular flexibility index (Phi) is 5.25. The second kappa shape index (κ2) is 7.84. The van der Waals surface area contributed by atoms with Crippen LogP contribution < -0.4 is 4.90 Å². The Labute approximate surface area is 177 Å². The van der Waals surface area contributed by atoms with Crippen LogP contribution >= 0.6 is 11.6 Å². The monoisotopic (exact) mass is 401 g/mol. The van der Waals surface area contributed by atoms with Crippen molar-refractivity contribution in [1.29, 1.82) is 0 Å². The largest absolute Gasteiger partial charge is 0.357 e. The maximum atomic E-state index is 5.98. The third-order valence-electron chi connectivity index (χ3n) is 5.37. The molecular weight excluding hydrogens is 378 g/mol. The number of nitrogens with zero attached hydrogens (tertiary/aromatic N) is 3. The first-order chi connectivity index (χ1) is 13.9. The lowest BCUT2D eigenvalue weighted by atomic mass is 10.0. The molecule has 0 unspecified atom stereocenters. The first-order valence-corrected chi connectivity index (χ1v) is 10.2. The number of rotatable bonds is 4. The third-order valence-corrected chi connectivity index (χ3v) is 5.63. The molecule has 0 aliphatic carbocycles. The fourth-order valence-electron chi connectivity index (χ4n) is 3.36. The molecule has 0 atom stereocenters. The van der Waals surface area contributed by atoms with Gasteiger partial charge in [-0.05, 0) is 68.3 Å². The number of fused-ring (bicyclic) bond motifs is 1. The molecule has 2 aromatic heterocycles. The van der Waals surface area contributed by atoms with Gasteiger partial charge in [-0.2, -0.15) is 0 Å². The Morgan fingerprint density at radius 2 is 1.55 bits per heavy atom. The maximum absolute atomic E-state index is 5.98. The van der Waals surface area contributed by atoms with Gasteiger partial charge in [0.2, 0.25) is 0 Å². The number of aromatic nitrogens is 2. The lowest BCUT2D eigenvalue weighted by Crippen LogP contribution is -2.26. The van der Waals surface area contributed by atoms with Crippen LogP contribution in [-0.4, -0.2) is 23.1 Å². The minimum atomic E-state index is 0.405. The highest BCUT2D eigenvalue weighted by atomic mass is 35.5. The van der Waals surface area contributed by atoms with Crippen LogP contribution in [0.5, 0.6) is 0 Å². The Morgan fingerprint density at radius 1 is 0.862 bits per heavy atom. The van der Waals surface area contributed by atoms with Gasteiger partial charge in [0.25, 0.3) is 0 Å². The highest BCUT2D eigenvalue weighted by Crippen LogP contribution is 2.29. The van der Waals surface area contributed by atoms with Crippen molar-refractivity contribution in [3.8, 4) is 22.4 Å². The summed E-state index contributed by atoms with van der Waals surface area (Å²) in [4.78, 5) is 11.7. The molecule has 4 heteroatoms. The first kappa shape index (κ1) is 19.4. The molecule has 0 aliphatic heterocycles. The normalized spacial score (nSPS) is 11.2. The van der Waals surface area contributed by atoms with Gasteiger partial charge in [-0.1, -0.05) is 35.9 Å². The molecular formula is C25H24ClN3. The standard InChI is InChI=1S/C25H24ClN3/c1-16(2)29(4)25-13-17(3)22-14-19(7-12-24(22)28-25)23-11-8-20(15-27-23)18-5-9-21(26)10-6-18/h5-16H,1-4H3. The summed E-state index contributed by atoms with van der Waals surface area (Å²) in [6, 6.07) is 20.9. The van der Waals surface area contributed by atoms with Crippen molar-refractivity contribution in [3.63, 3.8) is 0 Å². The highest BCUT2D eigenvalue weighted by Gasteiger charge is 2.11. The van der Waals surface area contributed by atoms with E-state index in [-0.39, 0.29) is 0 Å². The molecule has 0 saturated carbocycles. The van der Waals surface area contributed by atoms with Crippen molar-refractivity contribution in [2.24, 2.45) is 0 Å². The van der Waals surface area contributed by atoms with Crippen molar-refractivity contribution in [3.05, 3.63) is 77.4 Å². The van der Waals surface area contributed by atoms with Gasteiger partial charge in [-0.3, -0.25) is 4.98 Å². The van der Waals surface area contributed by atoms with E-state index in [0.717, 1.165) is 44.1 Å². The lowest BCUT2D eigenvalue weighted by Gasteiger charge is -2.23. The molecule has 146 valence electrons. The molecule has 0 saturated heterocycles. The SMILES string of the molecule is Cc1cc(N(C)C(C)C)nc2ccc(-c3ccc(-c4ccc(Cl)cc4)cn3)cc12. The van der Waals surface area contributed by atoms with E-state index in [4.69, 9.17) is 21.6 Å². The van der Waals surface area contributed by atoms with Crippen molar-refractivity contribution < 1.29 is 0 Å². The van der Waals surface area contributed by atoms with Gasteiger partial charge in [-0.25, -0.2) is 4.98 Å². The summed E-state index contributed by atoms with van der Waals surface area (Å²) in [5.74, 6) is 1.00. The second-order valence-corrected chi connectivity index (χ2v) is 8.11. The summed E-state index contributed by atoms with van der Waals surface area (Å²) in [6.45, 7) is 6.48. The molecule has 0 spiro atoms. The van der Waals surface area contributed by atoms with Crippen LogP contribution in [0.1, 0.15) is 19.4 Å². The molecule has 4 rings (SSSR count). The van der Waals surface area contributed by atoms with Gasteiger partial charge in [-0.15, -0.1) is 0 Å². The van der Waals surface area contributed by atoms with Gasteiger partial charge in [0.1, 0.15) is 5.82 Å². The van der Waals surface area contributed by atoms with Crippen LogP contribution in [0.15, 0.2) is 66.9 Å². The molecule has 2 aromatic carbocycles. The number of aryl methyl sites for hydroxylation is 1. The first-order valence-electron chi connectivity index (χ1n) is 9.79. The molecule has 29 heavy (non-hydrogen) atoms. The van der Waals surface area contributed by atoms with Gasteiger partial charge in [0, 0.05) is 40.8 Å². The zero-order valence-electron chi connectivity index (χ0n) is 17.1. The molecule has 0 N–H and O–H groups in total. The Balaban J connectivity index is 1.68. The summed E-state index contributed by atoms with van der Waals surface area (Å²) >= 11 is 5.98. The second-order valence-electron chi connectivity index (χ2n) is 7.67. The van der Waals surface area contributed by atoms with E-state index in [2.05, 4.69) is 69.1 Å². The predicted molar refractivity (Wildman–Crippen MR) is 124 cm³/mol. The Hall–Kier alpha value is -2.91. The molecule has 3 nitrogen and oxygen atoms in total. The number of halogens is 1. The summed E-state index contributed by atoms with van der Waals surface area (Å²) in [5, 5.41) is 1.90. The minimum absolute atomic E-state index is 0.405. The molecule has 0 fully saturated rings. The average molecular weight is 402 g/mol. The maximum Gasteiger partial charge on any atom is 0.129 e. The fraction of sp³-hybridized carbons (Fsp3) is 0.200. The molecule has 0 amide bonds. The van der Waals surface area contributed by atoms with E-state index < -0.39 is 0 Å². The molecule has 4 aromatic rings. The van der Waals surface area contributed by atoms with E-state index >= 15 is 0 Å². The zero-order chi connectivity index (χ0) is 20.5. The summed E-state index contributed by atoms with van der Waals surface area (Å²) < 4.78 is 0. The van der Waals surface area contributed by atoms with E-state index in [1.54, 1.807) is 0 Å². The van der Waals surface area contributed by atoms with Crippen LogP contribution in [0.3, 0.4) is 0 Å². The number of anilines is 1. The van der Waals surface area contributed by atoms with E-state index in [9.17, 15) is 0 Å². The molecule has 0 aliphatic rings. The Morgan fingerprint density at radius 3 is 2.21 bits per heavy atom. The zero-order valence-corrected chi connectivity index (χ0v) is 17.9. The summed E-state index contributed by atoms with van der Waals surface area (Å²) in [5.41, 5.74) is 6.45. The van der Waals surface area contributed by atoms with Crippen molar-refractivity contribution >= 4 is 28.3 Å². The van der Waals surface area contributed by atoms with Gasteiger partial charge in [0.05, 0.1) is 11.2 Å². The van der Waals surface area contributed by atoms with Crippen molar-refractivity contribution in [2.75, 3.05) is 11.9 Å². The number of pyridine rings is 2. The van der Waals surface area contributed by atoms with Gasteiger partial charge >= 0.3 is 0 Å². The van der Waals surface area contributed by atoms with E-state index in [1.807, 2.05) is 30.5 Å². The summed E-state index contributed by atoms with van der Waals surface area (Å²) in [7, 11) is 2.08. The topological polar surface area (TPSA) is 29.0 Å². The smallest absolute Gasteiger partial charge is 0.129 e. The van der Waals surface area contributed by atoms with Gasteiger partial charge < -0.3 is 4.90 Å². The predicted octanol–water partition coefficient (Wildman–Crippen LogP) is 6.77. The molecule has 0 radical (unpaired) electrons. The van der Waals surface area contributed by atoms with Crippen molar-refractivity contribution in [2.45, 2.75) is 26.8 Å². The minimum Gasteiger partial charge on any atom is -0.357 e. The number of benzene rings is 2. The van der Waals surface area contributed by atoms with Gasteiger partial charge in [0.15, 0.2) is 0 Å². The summed E-state index contributed by atoms with van der Waals surface area (Å²) in [6.07, 6.45) is 1.91. The average Bonchev–Trinajstić information content (AvgIpc) is 2.73. The lowest BCUT2D eigenvalue weighted by molar-refractivity contribution is 0.745. The van der Waals surface area contributed by atoms with E-state index in [0.29, 0.717) is 6.04 Å². The van der Waals surface area contributed by atoms with Crippen LogP contribution in [-0.2, 0) is 0 Å². The number of hydrogen-bond donors (Lipinski definition) is 0. The Bertz CT molecular complexity index is 1150. The quantitative estimate of drug-likeness (QED) is 0.377. The number of hydrogen-bond acceptors (Lipinski definition) is 3. The van der Waals surface area contributed by atoms with Crippen LogP contribution in [0.2, 0.25) is 5.02 Å². The molecule has 0 bridgehead atoms. The molecule has 2 heterocycles. The van der Waals surface area contributed by atoms with Crippen molar-refractivity contribution in [1.82, 2.24) is 9.97 Å². The third kappa shape index (κ3) is 3.96. The van der Waals surface area contributed by atoms with E-state index in [1.165, 1.54) is 5.56 Å².